The van der Waals surface area contributed by atoms with E-state index in [0.29, 0.717) is 6.04 Å². The highest BCUT2D eigenvalue weighted by molar-refractivity contribution is 5.94. The van der Waals surface area contributed by atoms with Crippen LogP contribution in [0.4, 0.5) is 0 Å². The van der Waals surface area contributed by atoms with Crippen molar-refractivity contribution in [3.05, 3.63) is 48.3 Å². The molecule has 2 heterocycles. The first-order chi connectivity index (χ1) is 9.34. The number of aromatic nitrogens is 3. The number of carbonyl (C=O) groups is 1. The number of likely N-dealkylation sites (tertiary alicyclic amines) is 1. The zero-order chi connectivity index (χ0) is 13.1. The summed E-state index contributed by atoms with van der Waals surface area (Å²) < 4.78 is 0. The molecule has 98 valence electrons. The average molecular weight is 256 g/mol. The third-order valence-corrected chi connectivity index (χ3v) is 3.54. The molecule has 1 aliphatic heterocycles. The molecule has 0 spiro atoms. The molecule has 0 N–H and O–H groups in total. The Morgan fingerprint density at radius 3 is 2.32 bits per heavy atom. The van der Waals surface area contributed by atoms with Gasteiger partial charge < -0.3 is 4.90 Å². The Morgan fingerprint density at radius 1 is 1.05 bits per heavy atom. The van der Waals surface area contributed by atoms with Gasteiger partial charge in [-0.2, -0.15) is 15.0 Å². The standard InChI is InChI=1S/C14H16N4O/c19-14(12-4-2-1-3-5-12)17-10-6-13(7-11-17)18-15-8-9-16-18/h1-5,8-9,13H,6-7,10-11H2. The topological polar surface area (TPSA) is 51.0 Å². The molecule has 19 heavy (non-hydrogen) atoms. The third-order valence-electron chi connectivity index (χ3n) is 3.54. The fraction of sp³-hybridized carbons (Fsp3) is 0.357. The fourth-order valence-electron chi connectivity index (χ4n) is 2.48. The van der Waals surface area contributed by atoms with E-state index in [-0.39, 0.29) is 5.91 Å². The molecule has 0 aliphatic carbocycles. The molecule has 0 atom stereocenters. The molecule has 2 aromatic rings. The van der Waals surface area contributed by atoms with Crippen molar-refractivity contribution in [2.24, 2.45) is 0 Å². The van der Waals surface area contributed by atoms with Gasteiger partial charge in [0.25, 0.3) is 5.91 Å². The average Bonchev–Trinajstić information content (AvgIpc) is 3.02. The van der Waals surface area contributed by atoms with Gasteiger partial charge in [-0.25, -0.2) is 0 Å². The summed E-state index contributed by atoms with van der Waals surface area (Å²) in [5, 5.41) is 8.34. The Balaban J connectivity index is 1.63. The van der Waals surface area contributed by atoms with E-state index in [0.717, 1.165) is 31.5 Å². The molecular formula is C14H16N4O. The first-order valence-corrected chi connectivity index (χ1v) is 6.55. The minimum atomic E-state index is 0.118. The quantitative estimate of drug-likeness (QED) is 0.822. The van der Waals surface area contributed by atoms with Crippen molar-refractivity contribution in [3.63, 3.8) is 0 Å². The molecule has 5 heteroatoms. The number of rotatable bonds is 2. The number of nitrogens with zero attached hydrogens (tertiary/aromatic N) is 4. The normalized spacial score (nSPS) is 16.5. The van der Waals surface area contributed by atoms with Crippen molar-refractivity contribution in [1.82, 2.24) is 19.9 Å². The third kappa shape index (κ3) is 2.50. The molecule has 1 fully saturated rings. The minimum Gasteiger partial charge on any atom is -0.338 e. The lowest BCUT2D eigenvalue weighted by Gasteiger charge is -2.31. The van der Waals surface area contributed by atoms with Gasteiger partial charge in [0.2, 0.25) is 0 Å². The molecule has 5 nitrogen and oxygen atoms in total. The molecule has 1 aromatic carbocycles. The molecule has 1 aromatic heterocycles. The van der Waals surface area contributed by atoms with Crippen molar-refractivity contribution in [2.45, 2.75) is 18.9 Å². The van der Waals surface area contributed by atoms with E-state index < -0.39 is 0 Å². The summed E-state index contributed by atoms with van der Waals surface area (Å²) in [4.78, 5) is 15.9. The highest BCUT2D eigenvalue weighted by Crippen LogP contribution is 2.21. The maximum atomic E-state index is 12.3. The molecule has 0 radical (unpaired) electrons. The van der Waals surface area contributed by atoms with E-state index in [1.54, 1.807) is 17.2 Å². The number of amides is 1. The molecular weight excluding hydrogens is 240 g/mol. The zero-order valence-corrected chi connectivity index (χ0v) is 10.6. The summed E-state index contributed by atoms with van der Waals surface area (Å²) in [6, 6.07) is 9.76. The van der Waals surface area contributed by atoms with Gasteiger partial charge in [0.05, 0.1) is 18.4 Å². The second kappa shape index (κ2) is 5.22. The van der Waals surface area contributed by atoms with Crippen LogP contribution in [0.1, 0.15) is 29.2 Å². The Labute approximate surface area is 111 Å². The Morgan fingerprint density at radius 2 is 1.68 bits per heavy atom. The molecule has 3 rings (SSSR count). The molecule has 0 unspecified atom stereocenters. The maximum absolute atomic E-state index is 12.3. The van der Waals surface area contributed by atoms with Crippen LogP contribution in [-0.2, 0) is 0 Å². The van der Waals surface area contributed by atoms with Gasteiger partial charge in [-0.1, -0.05) is 18.2 Å². The zero-order valence-electron chi connectivity index (χ0n) is 10.6. The van der Waals surface area contributed by atoms with Crippen LogP contribution >= 0.6 is 0 Å². The van der Waals surface area contributed by atoms with Gasteiger partial charge in [-0.05, 0) is 25.0 Å². The predicted octanol–water partition coefficient (Wildman–Crippen LogP) is 1.76. The SMILES string of the molecule is O=C(c1ccccc1)N1CCC(n2nccn2)CC1. The van der Waals surface area contributed by atoms with Crippen molar-refractivity contribution in [3.8, 4) is 0 Å². The number of piperidine rings is 1. The lowest BCUT2D eigenvalue weighted by atomic mass is 10.0. The van der Waals surface area contributed by atoms with E-state index in [1.807, 2.05) is 35.2 Å². The summed E-state index contributed by atoms with van der Waals surface area (Å²) in [6.45, 7) is 1.53. The van der Waals surface area contributed by atoms with Gasteiger partial charge in [-0.15, -0.1) is 0 Å². The smallest absolute Gasteiger partial charge is 0.253 e. The van der Waals surface area contributed by atoms with Crippen molar-refractivity contribution in [2.75, 3.05) is 13.1 Å². The lowest BCUT2D eigenvalue weighted by molar-refractivity contribution is 0.0684. The second-order valence-electron chi connectivity index (χ2n) is 4.74. The van der Waals surface area contributed by atoms with Crippen LogP contribution < -0.4 is 0 Å². The van der Waals surface area contributed by atoms with Crippen molar-refractivity contribution in [1.29, 1.82) is 0 Å². The summed E-state index contributed by atoms with van der Waals surface area (Å²) in [6.07, 6.45) is 5.21. The van der Waals surface area contributed by atoms with E-state index in [9.17, 15) is 4.79 Å². The summed E-state index contributed by atoms with van der Waals surface area (Å²) in [7, 11) is 0. The first-order valence-electron chi connectivity index (χ1n) is 6.55. The van der Waals surface area contributed by atoms with Crippen molar-refractivity contribution < 1.29 is 4.79 Å². The van der Waals surface area contributed by atoms with E-state index in [1.165, 1.54) is 0 Å². The largest absolute Gasteiger partial charge is 0.338 e. The first kappa shape index (κ1) is 11.9. The van der Waals surface area contributed by atoms with Crippen molar-refractivity contribution >= 4 is 5.91 Å². The Hall–Kier alpha value is -2.17. The molecule has 0 saturated carbocycles. The molecule has 1 aliphatic rings. The van der Waals surface area contributed by atoms with Crippen LogP contribution in [0.2, 0.25) is 0 Å². The van der Waals surface area contributed by atoms with Crippen LogP contribution in [-0.4, -0.2) is 38.9 Å². The van der Waals surface area contributed by atoms with Crippen LogP contribution in [0.15, 0.2) is 42.7 Å². The summed E-state index contributed by atoms with van der Waals surface area (Å²) in [5.74, 6) is 0.118. The number of hydrogen-bond donors (Lipinski definition) is 0. The van der Waals surface area contributed by atoms with E-state index in [4.69, 9.17) is 0 Å². The van der Waals surface area contributed by atoms with Crippen LogP contribution in [0.5, 0.6) is 0 Å². The van der Waals surface area contributed by atoms with E-state index >= 15 is 0 Å². The highest BCUT2D eigenvalue weighted by Gasteiger charge is 2.25. The van der Waals surface area contributed by atoms with Gasteiger partial charge >= 0.3 is 0 Å². The highest BCUT2D eigenvalue weighted by atomic mass is 16.2. The summed E-state index contributed by atoms with van der Waals surface area (Å²) >= 11 is 0. The maximum Gasteiger partial charge on any atom is 0.253 e. The fourth-order valence-corrected chi connectivity index (χ4v) is 2.48. The van der Waals surface area contributed by atoms with Gasteiger partial charge in [0, 0.05) is 18.7 Å². The second-order valence-corrected chi connectivity index (χ2v) is 4.74. The monoisotopic (exact) mass is 256 g/mol. The number of benzene rings is 1. The number of hydrogen-bond acceptors (Lipinski definition) is 3. The molecule has 0 bridgehead atoms. The summed E-state index contributed by atoms with van der Waals surface area (Å²) in [5.41, 5.74) is 0.762. The van der Waals surface area contributed by atoms with Crippen LogP contribution in [0.25, 0.3) is 0 Å². The van der Waals surface area contributed by atoms with Gasteiger partial charge in [-0.3, -0.25) is 4.79 Å². The lowest BCUT2D eigenvalue weighted by Crippen LogP contribution is -2.39. The van der Waals surface area contributed by atoms with Gasteiger partial charge in [0.1, 0.15) is 0 Å². The minimum absolute atomic E-state index is 0.118. The number of carbonyl (C=O) groups excluding carboxylic acids is 1. The molecule has 1 saturated heterocycles. The van der Waals surface area contributed by atoms with Gasteiger partial charge in [0.15, 0.2) is 0 Å². The van der Waals surface area contributed by atoms with Crippen LogP contribution in [0, 0.1) is 0 Å². The predicted molar refractivity (Wildman–Crippen MR) is 70.6 cm³/mol. The Kier molecular flexibility index (Phi) is 3.27. The van der Waals surface area contributed by atoms with E-state index in [2.05, 4.69) is 10.2 Å². The Bertz CT molecular complexity index is 530. The molecule has 1 amide bonds. The van der Waals surface area contributed by atoms with Crippen LogP contribution in [0.3, 0.4) is 0 Å².